The van der Waals surface area contributed by atoms with Gasteiger partial charge in [-0.15, -0.1) is 0 Å². The number of amides is 2. The maximum atomic E-state index is 12.5. The van der Waals surface area contributed by atoms with Gasteiger partial charge in [-0.25, -0.2) is 4.79 Å². The zero-order chi connectivity index (χ0) is 24.6. The fourth-order valence-corrected chi connectivity index (χ4v) is 5.27. The predicted octanol–water partition coefficient (Wildman–Crippen LogP) is 4.85. The molecule has 3 N–H and O–H groups in total. The Bertz CT molecular complexity index is 1010. The highest BCUT2D eigenvalue weighted by Crippen LogP contribution is 2.44. The highest BCUT2D eigenvalue weighted by Gasteiger charge is 2.32. The molecule has 1 saturated carbocycles. The molecule has 2 unspecified atom stereocenters. The van der Waals surface area contributed by atoms with Crippen LogP contribution in [0.25, 0.3) is 11.1 Å². The van der Waals surface area contributed by atoms with E-state index in [1.54, 1.807) is 0 Å². The van der Waals surface area contributed by atoms with Gasteiger partial charge in [0.1, 0.15) is 6.61 Å². The van der Waals surface area contributed by atoms with E-state index in [1.165, 1.54) is 22.3 Å². The molecule has 0 aromatic heterocycles. The highest BCUT2D eigenvalue weighted by molar-refractivity contribution is 5.80. The summed E-state index contributed by atoms with van der Waals surface area (Å²) < 4.78 is 5.64. The smallest absolute Gasteiger partial charge is 0.407 e. The molecule has 2 aliphatic rings. The van der Waals surface area contributed by atoms with Crippen LogP contribution in [-0.4, -0.2) is 42.3 Å². The van der Waals surface area contributed by atoms with Crippen LogP contribution in [0.2, 0.25) is 0 Å². The first kappa shape index (κ1) is 24.8. The monoisotopic (exact) mass is 478 g/mol. The third-order valence-electron chi connectivity index (χ3n) is 7.09. The van der Waals surface area contributed by atoms with E-state index < -0.39 is 12.1 Å². The largest absolute Gasteiger partial charge is 0.481 e. The number of rotatable bonds is 11. The number of hydrogen-bond acceptors (Lipinski definition) is 4. The predicted molar refractivity (Wildman–Crippen MR) is 133 cm³/mol. The van der Waals surface area contributed by atoms with Gasteiger partial charge in [-0.3, -0.25) is 9.59 Å². The maximum absolute atomic E-state index is 12.5. The van der Waals surface area contributed by atoms with Gasteiger partial charge >= 0.3 is 12.1 Å². The SMILES string of the molecule is O=C(O)CCCCCCNC(=O)C1CCC(NC(=O)OCC2c3ccccc3-c3ccccc32)C1. The molecule has 186 valence electrons. The summed E-state index contributed by atoms with van der Waals surface area (Å²) in [6, 6.07) is 16.4. The van der Waals surface area contributed by atoms with Crippen molar-refractivity contribution in [3.8, 4) is 11.1 Å². The summed E-state index contributed by atoms with van der Waals surface area (Å²) in [4.78, 5) is 35.5. The van der Waals surface area contributed by atoms with Crippen molar-refractivity contribution in [2.75, 3.05) is 13.2 Å². The van der Waals surface area contributed by atoms with Crippen molar-refractivity contribution < 1.29 is 24.2 Å². The second-order valence-corrected chi connectivity index (χ2v) is 9.53. The molecule has 0 spiro atoms. The number of nitrogens with one attached hydrogen (secondary N) is 2. The van der Waals surface area contributed by atoms with Gasteiger partial charge in [0, 0.05) is 30.8 Å². The molecule has 0 saturated heterocycles. The number of hydrogen-bond donors (Lipinski definition) is 3. The lowest BCUT2D eigenvalue weighted by molar-refractivity contribution is -0.137. The Kier molecular flexibility index (Phi) is 8.40. The van der Waals surface area contributed by atoms with Crippen molar-refractivity contribution in [1.29, 1.82) is 0 Å². The first-order valence-electron chi connectivity index (χ1n) is 12.6. The highest BCUT2D eigenvalue weighted by atomic mass is 16.5. The number of aliphatic carboxylic acids is 1. The third kappa shape index (κ3) is 6.41. The molecule has 0 aliphatic heterocycles. The van der Waals surface area contributed by atoms with Crippen molar-refractivity contribution >= 4 is 18.0 Å². The summed E-state index contributed by atoms with van der Waals surface area (Å²) in [5, 5.41) is 14.6. The average molecular weight is 479 g/mol. The van der Waals surface area contributed by atoms with Crippen LogP contribution >= 0.6 is 0 Å². The molecule has 0 bridgehead atoms. The van der Waals surface area contributed by atoms with Gasteiger partial charge in [0.15, 0.2) is 0 Å². The lowest BCUT2D eigenvalue weighted by Crippen LogP contribution is -2.36. The molecule has 2 amide bonds. The number of carboxylic acid groups (broad SMARTS) is 1. The van der Waals surface area contributed by atoms with Gasteiger partial charge in [-0.2, -0.15) is 0 Å². The van der Waals surface area contributed by atoms with Crippen LogP contribution in [0, 0.1) is 5.92 Å². The molecule has 0 radical (unpaired) electrons. The molecular weight excluding hydrogens is 444 g/mol. The van der Waals surface area contributed by atoms with Crippen LogP contribution in [0.15, 0.2) is 48.5 Å². The van der Waals surface area contributed by atoms with E-state index in [2.05, 4.69) is 34.9 Å². The molecule has 2 aromatic rings. The van der Waals surface area contributed by atoms with Crippen LogP contribution < -0.4 is 10.6 Å². The number of carbonyl (C=O) groups is 3. The van der Waals surface area contributed by atoms with Gasteiger partial charge in [0.25, 0.3) is 0 Å². The lowest BCUT2D eigenvalue weighted by atomic mass is 9.98. The number of unbranched alkanes of at least 4 members (excludes halogenated alkanes) is 3. The van der Waals surface area contributed by atoms with Crippen LogP contribution in [0.1, 0.15) is 68.4 Å². The van der Waals surface area contributed by atoms with Gasteiger partial charge in [0.05, 0.1) is 0 Å². The van der Waals surface area contributed by atoms with Crippen molar-refractivity contribution in [2.45, 2.75) is 63.3 Å². The normalized spacial score (nSPS) is 18.5. The van der Waals surface area contributed by atoms with Gasteiger partial charge in [0.2, 0.25) is 5.91 Å². The number of alkyl carbamates (subject to hydrolysis) is 1. The van der Waals surface area contributed by atoms with E-state index in [0.717, 1.165) is 32.1 Å². The Morgan fingerprint density at radius 1 is 0.886 bits per heavy atom. The first-order valence-corrected chi connectivity index (χ1v) is 12.6. The zero-order valence-electron chi connectivity index (χ0n) is 20.0. The summed E-state index contributed by atoms with van der Waals surface area (Å²) in [6.07, 6.45) is 5.19. The summed E-state index contributed by atoms with van der Waals surface area (Å²) in [5.41, 5.74) is 4.76. The molecule has 2 aliphatic carbocycles. The van der Waals surface area contributed by atoms with Crippen LogP contribution in [0.5, 0.6) is 0 Å². The minimum Gasteiger partial charge on any atom is -0.481 e. The summed E-state index contributed by atoms with van der Waals surface area (Å²) >= 11 is 0. The van der Waals surface area contributed by atoms with Gasteiger partial charge < -0.3 is 20.5 Å². The second-order valence-electron chi connectivity index (χ2n) is 9.53. The van der Waals surface area contributed by atoms with E-state index in [9.17, 15) is 14.4 Å². The maximum Gasteiger partial charge on any atom is 0.407 e. The Labute approximate surface area is 206 Å². The third-order valence-corrected chi connectivity index (χ3v) is 7.09. The van der Waals surface area contributed by atoms with Gasteiger partial charge in [-0.1, -0.05) is 61.4 Å². The molecule has 4 rings (SSSR count). The van der Waals surface area contributed by atoms with Crippen molar-refractivity contribution in [1.82, 2.24) is 10.6 Å². The van der Waals surface area contributed by atoms with E-state index in [0.29, 0.717) is 19.4 Å². The molecule has 0 heterocycles. The minimum atomic E-state index is -0.763. The molecule has 35 heavy (non-hydrogen) atoms. The Morgan fingerprint density at radius 3 is 2.23 bits per heavy atom. The van der Waals surface area contributed by atoms with Crippen molar-refractivity contribution in [2.24, 2.45) is 5.92 Å². The summed E-state index contributed by atoms with van der Waals surface area (Å²) in [5.74, 6) is -0.798. The standard InChI is InChI=1S/C28H34N2O5/c31-26(32)13-3-1-2-8-16-29-27(33)19-14-15-20(17-19)30-28(34)35-18-25-23-11-6-4-9-21(23)22-10-5-7-12-24(22)25/h4-7,9-12,19-20,25H,1-3,8,13-18H2,(H,29,33)(H,30,34)(H,31,32). The molecule has 1 fully saturated rings. The topological polar surface area (TPSA) is 105 Å². The molecule has 2 aromatic carbocycles. The fourth-order valence-electron chi connectivity index (χ4n) is 5.27. The quantitative estimate of drug-likeness (QED) is 0.401. The number of carboxylic acids is 1. The van der Waals surface area contributed by atoms with E-state index in [-0.39, 0.29) is 36.8 Å². The summed E-state index contributed by atoms with van der Waals surface area (Å²) in [6.45, 7) is 0.885. The zero-order valence-corrected chi connectivity index (χ0v) is 20.0. The Morgan fingerprint density at radius 2 is 1.54 bits per heavy atom. The Hall–Kier alpha value is -3.35. The van der Waals surface area contributed by atoms with E-state index in [1.807, 2.05) is 24.3 Å². The lowest BCUT2D eigenvalue weighted by Gasteiger charge is -2.17. The fraction of sp³-hybridized carbons (Fsp3) is 0.464. The number of carbonyl (C=O) groups excluding carboxylic acids is 2. The van der Waals surface area contributed by atoms with Crippen LogP contribution in [0.3, 0.4) is 0 Å². The molecule has 2 atom stereocenters. The Balaban J connectivity index is 1.17. The number of ether oxygens (including phenoxy) is 1. The molecule has 7 heteroatoms. The van der Waals surface area contributed by atoms with Crippen molar-refractivity contribution in [3.05, 3.63) is 59.7 Å². The minimum absolute atomic E-state index is 0.0272. The second kappa shape index (κ2) is 11.9. The molecule has 7 nitrogen and oxygen atoms in total. The number of fused-ring (bicyclic) bond motifs is 3. The van der Waals surface area contributed by atoms with E-state index >= 15 is 0 Å². The van der Waals surface area contributed by atoms with Crippen LogP contribution in [0.4, 0.5) is 4.79 Å². The van der Waals surface area contributed by atoms with E-state index in [4.69, 9.17) is 9.84 Å². The van der Waals surface area contributed by atoms with Crippen molar-refractivity contribution in [3.63, 3.8) is 0 Å². The first-order chi connectivity index (χ1) is 17.0. The number of benzene rings is 2. The molecular formula is C28H34N2O5. The van der Waals surface area contributed by atoms with Crippen LogP contribution in [-0.2, 0) is 14.3 Å². The average Bonchev–Trinajstić information content (AvgIpc) is 3.44. The summed E-state index contributed by atoms with van der Waals surface area (Å²) in [7, 11) is 0. The van der Waals surface area contributed by atoms with Gasteiger partial charge in [-0.05, 0) is 54.4 Å².